The number of halogens is 1. The van der Waals surface area contributed by atoms with Crippen molar-refractivity contribution in [2.24, 2.45) is 0 Å². The van der Waals surface area contributed by atoms with Gasteiger partial charge in [-0.15, -0.1) is 11.3 Å². The molecule has 0 amide bonds. The number of H-pyrrole nitrogens is 1. The Morgan fingerprint density at radius 1 is 0.857 bits per heavy atom. The minimum Gasteiger partial charge on any atom is -0.353 e. The number of hydrogen-bond acceptors (Lipinski definition) is 3. The van der Waals surface area contributed by atoms with E-state index in [0.29, 0.717) is 5.02 Å². The van der Waals surface area contributed by atoms with E-state index in [1.165, 1.54) is 0 Å². The normalized spacial score (nSPS) is 11.0. The van der Waals surface area contributed by atoms with Crippen LogP contribution in [0, 0.1) is 0 Å². The predicted octanol–water partition coefficient (Wildman–Crippen LogP) is 7.36. The van der Waals surface area contributed by atoms with E-state index in [4.69, 9.17) is 16.6 Å². The summed E-state index contributed by atoms with van der Waals surface area (Å²) in [4.78, 5) is 8.30. The molecule has 0 unspecified atom stereocenters. The number of rotatable bonds is 4. The number of aromatic nitrogens is 2. The average Bonchev–Trinajstić information content (AvgIpc) is 3.35. The van der Waals surface area contributed by atoms with E-state index in [-0.39, 0.29) is 0 Å². The molecule has 0 aliphatic carbocycles. The molecule has 0 radical (unpaired) electrons. The zero-order valence-electron chi connectivity index (χ0n) is 14.8. The van der Waals surface area contributed by atoms with E-state index in [2.05, 4.69) is 39.9 Å². The van der Waals surface area contributed by atoms with Crippen LogP contribution in [0.25, 0.3) is 33.4 Å². The van der Waals surface area contributed by atoms with Gasteiger partial charge in [0.25, 0.3) is 0 Å². The van der Waals surface area contributed by atoms with Crippen molar-refractivity contribution < 1.29 is 0 Å². The Morgan fingerprint density at radius 3 is 2.32 bits per heavy atom. The summed E-state index contributed by atoms with van der Waals surface area (Å²) in [6.07, 6.45) is 0. The predicted molar refractivity (Wildman–Crippen MR) is 120 cm³/mol. The Balaban J connectivity index is 1.60. The van der Waals surface area contributed by atoms with E-state index >= 15 is 0 Å². The van der Waals surface area contributed by atoms with Gasteiger partial charge in [0.15, 0.2) is 5.13 Å². The number of benzene rings is 3. The molecule has 0 aliphatic heterocycles. The fourth-order valence-corrected chi connectivity index (χ4v) is 4.19. The Bertz CT molecular complexity index is 1240. The van der Waals surface area contributed by atoms with E-state index in [9.17, 15) is 0 Å². The lowest BCUT2D eigenvalue weighted by Crippen LogP contribution is -1.91. The first-order valence-electron chi connectivity index (χ1n) is 8.92. The first-order chi connectivity index (χ1) is 13.8. The molecule has 0 spiro atoms. The van der Waals surface area contributed by atoms with Crippen molar-refractivity contribution in [2.75, 3.05) is 5.32 Å². The van der Waals surface area contributed by atoms with Gasteiger partial charge in [0.2, 0.25) is 0 Å². The Labute approximate surface area is 171 Å². The van der Waals surface area contributed by atoms with Crippen molar-refractivity contribution in [1.29, 1.82) is 0 Å². The Kier molecular flexibility index (Phi) is 4.35. The molecule has 5 rings (SSSR count). The lowest BCUT2D eigenvalue weighted by molar-refractivity contribution is 1.38. The van der Waals surface area contributed by atoms with Crippen molar-refractivity contribution >= 4 is 44.7 Å². The first kappa shape index (κ1) is 17.0. The third kappa shape index (κ3) is 3.17. The fourth-order valence-electron chi connectivity index (χ4n) is 3.29. The fraction of sp³-hybridized carbons (Fsp3) is 0. The second kappa shape index (κ2) is 7.15. The number of fused-ring (bicyclic) bond motifs is 1. The largest absolute Gasteiger partial charge is 0.353 e. The maximum Gasteiger partial charge on any atom is 0.187 e. The molecule has 5 aromatic rings. The molecule has 2 aromatic heterocycles. The van der Waals surface area contributed by atoms with Crippen LogP contribution in [-0.4, -0.2) is 9.97 Å². The van der Waals surface area contributed by atoms with Gasteiger partial charge in [0, 0.05) is 32.4 Å². The summed E-state index contributed by atoms with van der Waals surface area (Å²) in [5, 5.41) is 8.20. The van der Waals surface area contributed by atoms with Crippen LogP contribution in [0.3, 0.4) is 0 Å². The SMILES string of the molecule is Clc1ccc2[nH]c(-c3ccccc3)c(Nc3nc(-c4ccccc4)cs3)c2c1. The van der Waals surface area contributed by atoms with Crippen LogP contribution >= 0.6 is 22.9 Å². The molecule has 0 saturated heterocycles. The van der Waals surface area contributed by atoms with Crippen LogP contribution in [-0.2, 0) is 0 Å². The Morgan fingerprint density at radius 2 is 1.57 bits per heavy atom. The van der Waals surface area contributed by atoms with Gasteiger partial charge in [-0.3, -0.25) is 0 Å². The maximum atomic E-state index is 6.28. The van der Waals surface area contributed by atoms with Gasteiger partial charge < -0.3 is 10.3 Å². The standard InChI is InChI=1S/C23H16ClN3S/c24-17-11-12-19-18(13-17)22(21(25-19)16-9-5-2-6-10-16)27-23-26-20(14-28-23)15-7-3-1-4-8-15/h1-14,25H,(H,26,27). The third-order valence-electron chi connectivity index (χ3n) is 4.63. The van der Waals surface area contributed by atoms with Crippen LogP contribution < -0.4 is 5.32 Å². The summed E-state index contributed by atoms with van der Waals surface area (Å²) in [6.45, 7) is 0. The second-order valence-electron chi connectivity index (χ2n) is 6.46. The highest BCUT2D eigenvalue weighted by molar-refractivity contribution is 7.14. The molecular formula is C23H16ClN3S. The molecule has 2 N–H and O–H groups in total. The topological polar surface area (TPSA) is 40.7 Å². The number of anilines is 2. The van der Waals surface area contributed by atoms with E-state index in [1.807, 2.05) is 54.6 Å². The highest BCUT2D eigenvalue weighted by atomic mass is 35.5. The zero-order chi connectivity index (χ0) is 18.9. The summed E-state index contributed by atoms with van der Waals surface area (Å²) in [5.74, 6) is 0. The third-order valence-corrected chi connectivity index (χ3v) is 5.62. The molecule has 136 valence electrons. The lowest BCUT2D eigenvalue weighted by atomic mass is 10.1. The first-order valence-corrected chi connectivity index (χ1v) is 10.2. The van der Waals surface area contributed by atoms with Gasteiger partial charge in [0.1, 0.15) is 0 Å². The number of nitrogens with one attached hydrogen (secondary N) is 2. The van der Waals surface area contributed by atoms with Crippen LogP contribution in [0.4, 0.5) is 10.8 Å². The maximum absolute atomic E-state index is 6.28. The van der Waals surface area contributed by atoms with Crippen molar-refractivity contribution in [3.05, 3.63) is 89.3 Å². The van der Waals surface area contributed by atoms with E-state index in [0.717, 1.165) is 44.2 Å². The zero-order valence-corrected chi connectivity index (χ0v) is 16.4. The minimum absolute atomic E-state index is 0.707. The minimum atomic E-state index is 0.707. The molecule has 3 aromatic carbocycles. The molecule has 3 nitrogen and oxygen atoms in total. The smallest absolute Gasteiger partial charge is 0.187 e. The van der Waals surface area contributed by atoms with Gasteiger partial charge >= 0.3 is 0 Å². The Hall–Kier alpha value is -3.08. The van der Waals surface area contributed by atoms with Crippen molar-refractivity contribution in [2.45, 2.75) is 0 Å². The number of nitrogens with zero attached hydrogens (tertiary/aromatic N) is 1. The molecule has 5 heteroatoms. The number of thiazole rings is 1. The van der Waals surface area contributed by atoms with Crippen LogP contribution in [0.1, 0.15) is 0 Å². The van der Waals surface area contributed by atoms with Gasteiger partial charge in [-0.25, -0.2) is 4.98 Å². The monoisotopic (exact) mass is 401 g/mol. The van der Waals surface area contributed by atoms with Crippen molar-refractivity contribution in [3.63, 3.8) is 0 Å². The lowest BCUT2D eigenvalue weighted by Gasteiger charge is -2.06. The van der Waals surface area contributed by atoms with Gasteiger partial charge in [-0.05, 0) is 18.2 Å². The molecule has 2 heterocycles. The summed E-state index contributed by atoms with van der Waals surface area (Å²) in [6, 6.07) is 26.4. The molecule has 28 heavy (non-hydrogen) atoms. The summed E-state index contributed by atoms with van der Waals surface area (Å²) in [7, 11) is 0. The average molecular weight is 402 g/mol. The summed E-state index contributed by atoms with van der Waals surface area (Å²) in [5.41, 5.74) is 6.22. The quantitative estimate of drug-likeness (QED) is 0.330. The summed E-state index contributed by atoms with van der Waals surface area (Å²) < 4.78 is 0. The molecular weight excluding hydrogens is 386 g/mol. The van der Waals surface area contributed by atoms with Crippen LogP contribution in [0.2, 0.25) is 5.02 Å². The van der Waals surface area contributed by atoms with E-state index < -0.39 is 0 Å². The highest BCUT2D eigenvalue weighted by Gasteiger charge is 2.15. The van der Waals surface area contributed by atoms with Gasteiger partial charge in [0.05, 0.1) is 17.1 Å². The van der Waals surface area contributed by atoms with E-state index in [1.54, 1.807) is 11.3 Å². The molecule has 0 bridgehead atoms. The van der Waals surface area contributed by atoms with Crippen LogP contribution in [0.15, 0.2) is 84.2 Å². The summed E-state index contributed by atoms with van der Waals surface area (Å²) >= 11 is 7.87. The second-order valence-corrected chi connectivity index (χ2v) is 7.75. The van der Waals surface area contributed by atoms with Crippen molar-refractivity contribution in [3.8, 4) is 22.5 Å². The highest BCUT2D eigenvalue weighted by Crippen LogP contribution is 2.39. The molecule has 0 saturated carbocycles. The molecule has 0 atom stereocenters. The van der Waals surface area contributed by atoms with Gasteiger partial charge in [-0.2, -0.15) is 0 Å². The molecule has 0 fully saturated rings. The number of aromatic amines is 1. The van der Waals surface area contributed by atoms with Crippen LogP contribution in [0.5, 0.6) is 0 Å². The van der Waals surface area contributed by atoms with Crippen molar-refractivity contribution in [1.82, 2.24) is 9.97 Å². The molecule has 0 aliphatic rings. The van der Waals surface area contributed by atoms with Gasteiger partial charge in [-0.1, -0.05) is 72.3 Å². The number of hydrogen-bond donors (Lipinski definition) is 2.